The molecule has 0 aromatic heterocycles. The maximum absolute atomic E-state index is 12.6. The van der Waals surface area contributed by atoms with Gasteiger partial charge in [-0.2, -0.15) is 13.2 Å². The lowest BCUT2D eigenvalue weighted by atomic mass is 9.96. The van der Waals surface area contributed by atoms with Crippen molar-refractivity contribution in [2.24, 2.45) is 5.92 Å². The molecule has 106 valence electrons. The van der Waals surface area contributed by atoms with Gasteiger partial charge in [-0.05, 0) is 30.5 Å². The first-order valence-electron chi connectivity index (χ1n) is 6.12. The van der Waals surface area contributed by atoms with Crippen LogP contribution in [0.25, 0.3) is 0 Å². The molecule has 1 heterocycles. The Bertz CT molecular complexity index is 442. The van der Waals surface area contributed by atoms with E-state index in [1.54, 1.807) is 18.2 Å². The minimum absolute atomic E-state index is 0.114. The Morgan fingerprint density at radius 1 is 1.26 bits per heavy atom. The smallest absolute Gasteiger partial charge is 0.391 e. The molecule has 2 rings (SSSR count). The van der Waals surface area contributed by atoms with Gasteiger partial charge in [-0.15, -0.1) is 0 Å². The molecule has 1 saturated heterocycles. The second-order valence-electron chi connectivity index (χ2n) is 4.74. The number of hydrogen-bond acceptors (Lipinski definition) is 2. The van der Waals surface area contributed by atoms with Gasteiger partial charge in [-0.25, -0.2) is 0 Å². The van der Waals surface area contributed by atoms with Crippen molar-refractivity contribution in [1.29, 1.82) is 0 Å². The van der Waals surface area contributed by atoms with Gasteiger partial charge < -0.3 is 10.0 Å². The summed E-state index contributed by atoms with van der Waals surface area (Å²) in [5.74, 6) is -1.20. The Kier molecular flexibility index (Phi) is 4.26. The van der Waals surface area contributed by atoms with Crippen LogP contribution in [0.2, 0.25) is 5.02 Å². The van der Waals surface area contributed by atoms with Crippen LogP contribution in [0.1, 0.15) is 18.4 Å². The van der Waals surface area contributed by atoms with Gasteiger partial charge in [0.2, 0.25) is 0 Å². The van der Waals surface area contributed by atoms with E-state index < -0.39 is 12.1 Å². The third kappa shape index (κ3) is 3.34. The fourth-order valence-electron chi connectivity index (χ4n) is 2.33. The molecule has 0 spiro atoms. The average Bonchev–Trinajstić information content (AvgIpc) is 2.38. The highest BCUT2D eigenvalue weighted by Gasteiger charge is 2.41. The van der Waals surface area contributed by atoms with Gasteiger partial charge in [0.15, 0.2) is 0 Å². The molecule has 1 aromatic rings. The fraction of sp³-hybridized carbons (Fsp3) is 0.538. The van der Waals surface area contributed by atoms with E-state index in [0.717, 1.165) is 5.69 Å². The van der Waals surface area contributed by atoms with Crippen molar-refractivity contribution in [3.8, 4) is 0 Å². The van der Waals surface area contributed by atoms with Crippen LogP contribution in [0.3, 0.4) is 0 Å². The quantitative estimate of drug-likeness (QED) is 0.900. The number of rotatable bonds is 2. The zero-order valence-corrected chi connectivity index (χ0v) is 11.0. The highest BCUT2D eigenvalue weighted by Crippen LogP contribution is 2.36. The lowest BCUT2D eigenvalue weighted by Crippen LogP contribution is -2.39. The number of benzene rings is 1. The largest absolute Gasteiger partial charge is 0.392 e. The maximum Gasteiger partial charge on any atom is 0.391 e. The molecule has 1 fully saturated rings. The van der Waals surface area contributed by atoms with Gasteiger partial charge >= 0.3 is 6.18 Å². The highest BCUT2D eigenvalue weighted by atomic mass is 35.5. The number of anilines is 1. The van der Waals surface area contributed by atoms with Crippen LogP contribution in [-0.4, -0.2) is 24.4 Å². The van der Waals surface area contributed by atoms with Crippen molar-refractivity contribution in [3.05, 3.63) is 28.8 Å². The zero-order valence-electron chi connectivity index (χ0n) is 10.3. The molecule has 6 heteroatoms. The summed E-state index contributed by atoms with van der Waals surface area (Å²) in [5.41, 5.74) is 1.43. The Morgan fingerprint density at radius 2 is 1.89 bits per heavy atom. The molecule has 1 aliphatic rings. The minimum Gasteiger partial charge on any atom is -0.392 e. The van der Waals surface area contributed by atoms with Crippen molar-refractivity contribution in [1.82, 2.24) is 0 Å². The first-order chi connectivity index (χ1) is 8.91. The Hall–Kier alpha value is -0.940. The average molecular weight is 294 g/mol. The molecule has 0 radical (unpaired) electrons. The summed E-state index contributed by atoms with van der Waals surface area (Å²) < 4.78 is 37.7. The third-order valence-corrected chi connectivity index (χ3v) is 3.88. The summed E-state index contributed by atoms with van der Waals surface area (Å²) in [4.78, 5) is 1.90. The lowest BCUT2D eigenvalue weighted by Gasteiger charge is -2.34. The SMILES string of the molecule is OCc1ccc(N2CCC(C(F)(F)F)CC2)cc1Cl. The Labute approximate surface area is 114 Å². The van der Waals surface area contributed by atoms with E-state index >= 15 is 0 Å². The topological polar surface area (TPSA) is 23.5 Å². The number of hydrogen-bond donors (Lipinski definition) is 1. The summed E-state index contributed by atoms with van der Waals surface area (Å²) in [6.07, 6.45) is -3.86. The molecule has 1 aliphatic heterocycles. The van der Waals surface area contributed by atoms with Crippen molar-refractivity contribution >= 4 is 17.3 Å². The number of halogens is 4. The van der Waals surface area contributed by atoms with E-state index in [-0.39, 0.29) is 19.4 Å². The standard InChI is InChI=1S/C13H15ClF3NO/c14-12-7-11(2-1-9(12)8-19)18-5-3-10(4-6-18)13(15,16)17/h1-2,7,10,19H,3-6,8H2. The van der Waals surface area contributed by atoms with E-state index in [4.69, 9.17) is 16.7 Å². The van der Waals surface area contributed by atoms with Crippen LogP contribution in [0.4, 0.5) is 18.9 Å². The second kappa shape index (κ2) is 5.59. The van der Waals surface area contributed by atoms with Gasteiger partial charge in [0.1, 0.15) is 0 Å². The van der Waals surface area contributed by atoms with E-state index in [1.165, 1.54) is 0 Å². The van der Waals surface area contributed by atoms with Crippen LogP contribution in [0.5, 0.6) is 0 Å². The minimum atomic E-state index is -4.09. The van der Waals surface area contributed by atoms with E-state index in [1.807, 2.05) is 4.90 Å². The van der Waals surface area contributed by atoms with Crippen LogP contribution in [-0.2, 0) is 6.61 Å². The summed E-state index contributed by atoms with van der Waals surface area (Å²) in [6, 6.07) is 5.18. The molecule has 1 N–H and O–H groups in total. The zero-order chi connectivity index (χ0) is 14.0. The van der Waals surface area contributed by atoms with E-state index in [9.17, 15) is 13.2 Å². The Balaban J connectivity index is 2.04. The van der Waals surface area contributed by atoms with Gasteiger partial charge in [0.05, 0.1) is 12.5 Å². The van der Waals surface area contributed by atoms with Gasteiger partial charge in [0, 0.05) is 23.8 Å². The van der Waals surface area contributed by atoms with Crippen molar-refractivity contribution < 1.29 is 18.3 Å². The second-order valence-corrected chi connectivity index (χ2v) is 5.14. The molecule has 1 aromatic carbocycles. The first kappa shape index (κ1) is 14.5. The predicted molar refractivity (Wildman–Crippen MR) is 68.4 cm³/mol. The number of aliphatic hydroxyl groups is 1. The van der Waals surface area contributed by atoms with Crippen molar-refractivity contribution in [2.75, 3.05) is 18.0 Å². The van der Waals surface area contributed by atoms with Crippen LogP contribution >= 0.6 is 11.6 Å². The van der Waals surface area contributed by atoms with Crippen molar-refractivity contribution in [3.63, 3.8) is 0 Å². The fourth-order valence-corrected chi connectivity index (χ4v) is 2.56. The molecular weight excluding hydrogens is 279 g/mol. The molecule has 0 saturated carbocycles. The van der Waals surface area contributed by atoms with E-state index in [2.05, 4.69) is 0 Å². The lowest BCUT2D eigenvalue weighted by molar-refractivity contribution is -0.179. The van der Waals surface area contributed by atoms with Gasteiger partial charge in [-0.3, -0.25) is 0 Å². The maximum atomic E-state index is 12.6. The summed E-state index contributed by atoms with van der Waals surface area (Å²) in [7, 11) is 0. The molecule has 0 unspecified atom stereocenters. The number of aliphatic hydroxyl groups excluding tert-OH is 1. The number of nitrogens with zero attached hydrogens (tertiary/aromatic N) is 1. The summed E-state index contributed by atoms with van der Waals surface area (Å²) >= 11 is 5.98. The molecule has 0 atom stereocenters. The number of piperidine rings is 1. The normalized spacial score (nSPS) is 17.8. The molecule has 2 nitrogen and oxygen atoms in total. The van der Waals surface area contributed by atoms with Crippen LogP contribution < -0.4 is 4.90 Å². The third-order valence-electron chi connectivity index (χ3n) is 3.53. The molecule has 0 amide bonds. The molecule has 0 aliphatic carbocycles. The summed E-state index contributed by atoms with van der Waals surface area (Å²) in [6.45, 7) is 0.604. The molecule has 19 heavy (non-hydrogen) atoms. The van der Waals surface area contributed by atoms with Gasteiger partial charge in [-0.1, -0.05) is 17.7 Å². The monoisotopic (exact) mass is 293 g/mol. The summed E-state index contributed by atoms with van der Waals surface area (Å²) in [5, 5.41) is 9.46. The van der Waals surface area contributed by atoms with Crippen LogP contribution in [0, 0.1) is 5.92 Å². The van der Waals surface area contributed by atoms with E-state index in [0.29, 0.717) is 23.7 Å². The van der Waals surface area contributed by atoms with Gasteiger partial charge in [0.25, 0.3) is 0 Å². The van der Waals surface area contributed by atoms with Crippen molar-refractivity contribution in [2.45, 2.75) is 25.6 Å². The molecular formula is C13H15ClF3NO. The molecule has 0 bridgehead atoms. The highest BCUT2D eigenvalue weighted by molar-refractivity contribution is 6.31. The predicted octanol–water partition coefficient (Wildman–Crippen LogP) is 3.61. The number of alkyl halides is 3. The van der Waals surface area contributed by atoms with Crippen LogP contribution in [0.15, 0.2) is 18.2 Å². The first-order valence-corrected chi connectivity index (χ1v) is 6.50. The Morgan fingerprint density at radius 3 is 2.37 bits per heavy atom.